The molecule has 1 N–H and O–H groups in total. The third-order valence-electron chi connectivity index (χ3n) is 3.35. The Hall–Kier alpha value is -0.930. The Morgan fingerprint density at radius 1 is 1.47 bits per heavy atom. The number of hydrogen-bond acceptors (Lipinski definition) is 3. The van der Waals surface area contributed by atoms with E-state index in [1.54, 1.807) is 0 Å². The molecular formula is C14H22N2O. The van der Waals surface area contributed by atoms with Gasteiger partial charge in [-0.2, -0.15) is 0 Å². The molecule has 3 nitrogen and oxygen atoms in total. The highest BCUT2D eigenvalue weighted by Gasteiger charge is 2.12. The number of hydrogen-bond donors (Lipinski definition) is 1. The van der Waals surface area contributed by atoms with E-state index in [0.717, 1.165) is 26.1 Å². The number of pyridine rings is 1. The van der Waals surface area contributed by atoms with Crippen molar-refractivity contribution in [3.8, 4) is 0 Å². The van der Waals surface area contributed by atoms with Crippen molar-refractivity contribution in [1.82, 2.24) is 10.3 Å². The fourth-order valence-corrected chi connectivity index (χ4v) is 2.24. The number of nitrogens with zero attached hydrogens (tertiary/aromatic N) is 1. The Labute approximate surface area is 104 Å². The van der Waals surface area contributed by atoms with Crippen LogP contribution < -0.4 is 5.32 Å². The number of ether oxygens (including phenoxy) is 1. The summed E-state index contributed by atoms with van der Waals surface area (Å²) in [5.41, 5.74) is 2.67. The fourth-order valence-electron chi connectivity index (χ4n) is 2.24. The maximum atomic E-state index is 5.68. The van der Waals surface area contributed by atoms with Gasteiger partial charge in [0, 0.05) is 25.5 Å². The molecule has 0 amide bonds. The monoisotopic (exact) mass is 234 g/mol. The summed E-state index contributed by atoms with van der Waals surface area (Å²) in [5.74, 6) is 0. The van der Waals surface area contributed by atoms with Gasteiger partial charge in [0.2, 0.25) is 0 Å². The molecule has 1 aliphatic heterocycles. The summed E-state index contributed by atoms with van der Waals surface area (Å²) < 4.78 is 5.68. The molecule has 1 atom stereocenters. The number of nitrogens with one attached hydrogen (secondary N) is 1. The second kappa shape index (κ2) is 6.72. The van der Waals surface area contributed by atoms with Gasteiger partial charge < -0.3 is 10.1 Å². The van der Waals surface area contributed by atoms with Crippen LogP contribution in [0.1, 0.15) is 30.4 Å². The molecule has 0 aliphatic carbocycles. The third kappa shape index (κ3) is 4.10. The van der Waals surface area contributed by atoms with E-state index in [1.807, 2.05) is 12.4 Å². The average molecular weight is 234 g/mol. The van der Waals surface area contributed by atoms with Gasteiger partial charge in [-0.15, -0.1) is 0 Å². The van der Waals surface area contributed by atoms with Crippen LogP contribution in [0.5, 0.6) is 0 Å². The van der Waals surface area contributed by atoms with E-state index in [9.17, 15) is 0 Å². The van der Waals surface area contributed by atoms with Crippen LogP contribution in [0.3, 0.4) is 0 Å². The summed E-state index contributed by atoms with van der Waals surface area (Å²) in [7, 11) is 0. The van der Waals surface area contributed by atoms with Crippen molar-refractivity contribution in [2.45, 2.75) is 38.7 Å². The van der Waals surface area contributed by atoms with Crippen molar-refractivity contribution in [3.63, 3.8) is 0 Å². The topological polar surface area (TPSA) is 34.2 Å². The van der Waals surface area contributed by atoms with Gasteiger partial charge in [-0.25, -0.2) is 0 Å². The summed E-state index contributed by atoms with van der Waals surface area (Å²) in [4.78, 5) is 4.11. The van der Waals surface area contributed by atoms with E-state index in [0.29, 0.717) is 6.10 Å². The van der Waals surface area contributed by atoms with Gasteiger partial charge in [-0.3, -0.25) is 4.98 Å². The number of rotatable bonds is 5. The molecule has 1 saturated heterocycles. The Kier molecular flexibility index (Phi) is 4.95. The molecule has 1 aromatic rings. The molecule has 0 aromatic carbocycles. The van der Waals surface area contributed by atoms with Crippen LogP contribution in [0.15, 0.2) is 18.5 Å². The van der Waals surface area contributed by atoms with Crippen molar-refractivity contribution in [2.75, 3.05) is 19.7 Å². The molecule has 1 fully saturated rings. The van der Waals surface area contributed by atoms with Crippen molar-refractivity contribution < 1.29 is 4.74 Å². The lowest BCUT2D eigenvalue weighted by atomic mass is 10.1. The van der Waals surface area contributed by atoms with E-state index in [2.05, 4.69) is 23.3 Å². The van der Waals surface area contributed by atoms with E-state index >= 15 is 0 Å². The predicted molar refractivity (Wildman–Crippen MR) is 69.1 cm³/mol. The minimum absolute atomic E-state index is 0.433. The lowest BCUT2D eigenvalue weighted by Gasteiger charge is -2.22. The van der Waals surface area contributed by atoms with Gasteiger partial charge in [0.05, 0.1) is 6.10 Å². The highest BCUT2D eigenvalue weighted by Crippen LogP contribution is 2.11. The van der Waals surface area contributed by atoms with Crippen molar-refractivity contribution >= 4 is 0 Å². The van der Waals surface area contributed by atoms with Crippen molar-refractivity contribution in [2.24, 2.45) is 0 Å². The first-order valence-electron chi connectivity index (χ1n) is 6.58. The normalized spacial score (nSPS) is 20.4. The first-order valence-corrected chi connectivity index (χ1v) is 6.58. The summed E-state index contributed by atoms with van der Waals surface area (Å²) in [5, 5.41) is 3.49. The van der Waals surface area contributed by atoms with E-state index in [1.165, 1.54) is 30.4 Å². The van der Waals surface area contributed by atoms with Crippen LogP contribution in [0.2, 0.25) is 0 Å². The third-order valence-corrected chi connectivity index (χ3v) is 3.35. The Morgan fingerprint density at radius 3 is 3.18 bits per heavy atom. The summed E-state index contributed by atoms with van der Waals surface area (Å²) in [6.45, 7) is 5.07. The highest BCUT2D eigenvalue weighted by molar-refractivity contribution is 5.21. The van der Waals surface area contributed by atoms with Crippen molar-refractivity contribution in [1.29, 1.82) is 0 Å². The minimum Gasteiger partial charge on any atom is -0.377 e. The zero-order valence-corrected chi connectivity index (χ0v) is 10.6. The Bertz CT molecular complexity index is 335. The molecule has 0 bridgehead atoms. The standard InChI is InChI=1S/C14H22N2O/c1-12-10-15-7-5-13(12)6-8-16-11-14-4-2-3-9-17-14/h5,7,10,14,16H,2-4,6,8-9,11H2,1H3. The highest BCUT2D eigenvalue weighted by atomic mass is 16.5. The molecule has 1 unspecified atom stereocenters. The second-order valence-corrected chi connectivity index (χ2v) is 4.74. The molecule has 3 heteroatoms. The molecule has 0 radical (unpaired) electrons. The largest absolute Gasteiger partial charge is 0.377 e. The van der Waals surface area contributed by atoms with E-state index in [-0.39, 0.29) is 0 Å². The van der Waals surface area contributed by atoms with E-state index in [4.69, 9.17) is 4.74 Å². The molecule has 2 rings (SSSR count). The van der Waals surface area contributed by atoms with Crippen LogP contribution in [-0.2, 0) is 11.2 Å². The SMILES string of the molecule is Cc1cnccc1CCNCC1CCCCO1. The van der Waals surface area contributed by atoms with E-state index < -0.39 is 0 Å². The predicted octanol–water partition coefficient (Wildman–Crippen LogP) is 2.09. The van der Waals surface area contributed by atoms with Crippen molar-refractivity contribution in [3.05, 3.63) is 29.6 Å². The quantitative estimate of drug-likeness (QED) is 0.792. The molecule has 17 heavy (non-hydrogen) atoms. The number of aryl methyl sites for hydroxylation is 1. The second-order valence-electron chi connectivity index (χ2n) is 4.74. The smallest absolute Gasteiger partial charge is 0.0699 e. The van der Waals surface area contributed by atoms with Gasteiger partial charge in [0.25, 0.3) is 0 Å². The maximum Gasteiger partial charge on any atom is 0.0699 e. The molecule has 0 spiro atoms. The first-order chi connectivity index (χ1) is 8.36. The molecule has 94 valence electrons. The van der Waals surface area contributed by atoms with Gasteiger partial charge in [-0.1, -0.05) is 0 Å². The summed E-state index contributed by atoms with van der Waals surface area (Å²) >= 11 is 0. The van der Waals surface area contributed by atoms with Gasteiger partial charge >= 0.3 is 0 Å². The Balaban J connectivity index is 1.64. The van der Waals surface area contributed by atoms with Crippen LogP contribution in [0, 0.1) is 6.92 Å². The molecule has 2 heterocycles. The lowest BCUT2D eigenvalue weighted by molar-refractivity contribution is 0.0171. The van der Waals surface area contributed by atoms with Crippen LogP contribution in [-0.4, -0.2) is 30.8 Å². The molecule has 1 aromatic heterocycles. The molecular weight excluding hydrogens is 212 g/mol. The van der Waals surface area contributed by atoms with Gasteiger partial charge in [0.1, 0.15) is 0 Å². The van der Waals surface area contributed by atoms with Gasteiger partial charge in [0.15, 0.2) is 0 Å². The number of aromatic nitrogens is 1. The molecule has 1 aliphatic rings. The van der Waals surface area contributed by atoms with Gasteiger partial charge in [-0.05, 0) is 56.3 Å². The van der Waals surface area contributed by atoms with Crippen LogP contribution >= 0.6 is 0 Å². The zero-order valence-electron chi connectivity index (χ0n) is 10.6. The Morgan fingerprint density at radius 2 is 2.41 bits per heavy atom. The maximum absolute atomic E-state index is 5.68. The summed E-state index contributed by atoms with van der Waals surface area (Å²) in [6.07, 6.45) is 9.05. The first kappa shape index (κ1) is 12.5. The van der Waals surface area contributed by atoms with Crippen LogP contribution in [0.25, 0.3) is 0 Å². The average Bonchev–Trinajstić information content (AvgIpc) is 2.38. The minimum atomic E-state index is 0.433. The fraction of sp³-hybridized carbons (Fsp3) is 0.643. The van der Waals surface area contributed by atoms with Crippen LogP contribution in [0.4, 0.5) is 0 Å². The summed E-state index contributed by atoms with van der Waals surface area (Å²) in [6, 6.07) is 2.11. The molecule has 0 saturated carbocycles. The lowest BCUT2D eigenvalue weighted by Crippen LogP contribution is -2.32. The zero-order chi connectivity index (χ0) is 11.9.